The molecule has 0 fully saturated rings. The molecule has 0 aliphatic heterocycles. The molecule has 2 aromatic heterocycles. The molecule has 5 N–H and O–H groups in total. The third kappa shape index (κ3) is 4.05. The molecule has 10 nitrogen and oxygen atoms in total. The Kier molecular flexibility index (Phi) is 3.01. The summed E-state index contributed by atoms with van der Waals surface area (Å²) in [5.74, 6) is -4.08. The maximum absolute atomic E-state index is 12.1. The van der Waals surface area contributed by atoms with Crippen molar-refractivity contribution in [3.8, 4) is 0 Å². The van der Waals surface area contributed by atoms with Gasteiger partial charge in [-0.1, -0.05) is 13.7 Å². The highest BCUT2D eigenvalue weighted by atomic mass is 16.6. The maximum Gasteiger partial charge on any atom is 0.323 e. The number of nitrogens with two attached hydrogens (primary N) is 2. The highest BCUT2D eigenvalue weighted by Gasteiger charge is 2.18. The lowest BCUT2D eigenvalue weighted by Gasteiger charge is -2.14. The second-order valence-corrected chi connectivity index (χ2v) is 4.40. The van der Waals surface area contributed by atoms with Gasteiger partial charge in [0.2, 0.25) is 5.95 Å². The van der Waals surface area contributed by atoms with Crippen LogP contribution in [0.5, 0.6) is 0 Å². The Bertz CT molecular complexity index is 954. The molecule has 126 valence electrons. The van der Waals surface area contributed by atoms with Crippen molar-refractivity contribution >= 4 is 23.1 Å². The quantitative estimate of drug-likeness (QED) is 0.440. The number of aromatic nitrogens is 4. The molecule has 1 atom stereocenters. The second-order valence-electron chi connectivity index (χ2n) is 4.40. The molecule has 0 saturated heterocycles. The summed E-state index contributed by atoms with van der Waals surface area (Å²) in [7, 11) is 0. The summed E-state index contributed by atoms with van der Waals surface area (Å²) in [5, 5.41) is 0. The highest BCUT2D eigenvalue weighted by molar-refractivity contribution is 5.75. The van der Waals surface area contributed by atoms with Crippen LogP contribution in [0.1, 0.15) is 23.3 Å². The lowest BCUT2D eigenvalue weighted by molar-refractivity contribution is -0.148. The number of nitrogen functional groups attached to an aromatic ring is 1. The standard InChI is InChI=1S/C13H20N6O4/c1-7(2)8(14)12(21)23-4-3-22-6-19-5-16-9-10(19)17-13(15)18-11(9)20/h5,7-8H,3-4,6,14H2,1-2H3,(H3,15,17,18,20)/t8-/m0/s1/i1D3,2D3,8D. The largest absolute Gasteiger partial charge is 0.462 e. The molecule has 0 aromatic carbocycles. The van der Waals surface area contributed by atoms with Gasteiger partial charge in [-0.25, -0.2) is 4.98 Å². The van der Waals surface area contributed by atoms with Gasteiger partial charge in [0, 0.05) is 8.22 Å². The average Bonchev–Trinajstić information content (AvgIpc) is 2.94. The number of aromatic amines is 1. The Balaban J connectivity index is 1.94. The van der Waals surface area contributed by atoms with Crippen LogP contribution in [0.4, 0.5) is 5.95 Å². The van der Waals surface area contributed by atoms with Crippen molar-refractivity contribution in [2.24, 2.45) is 11.7 Å². The van der Waals surface area contributed by atoms with Gasteiger partial charge in [0.25, 0.3) is 5.56 Å². The fraction of sp³-hybridized carbons (Fsp3) is 0.538. The molecule has 2 rings (SSSR count). The zero-order chi connectivity index (χ0) is 22.9. The number of rotatable bonds is 7. The SMILES string of the molecule is [2H]C([2H])([2H])C(C([2H])([2H])[2H])[C@]([2H])(N)C(=O)OCCOCn1cnc2c(=O)[nH]c(N)nc21. The molecule has 2 heterocycles. The van der Waals surface area contributed by atoms with E-state index in [4.69, 9.17) is 30.5 Å². The van der Waals surface area contributed by atoms with Crippen LogP contribution in [0.15, 0.2) is 11.1 Å². The first-order chi connectivity index (χ1) is 13.7. The van der Waals surface area contributed by atoms with Crippen LogP contribution >= 0.6 is 0 Å². The summed E-state index contributed by atoms with van der Waals surface area (Å²) < 4.78 is 63.0. The van der Waals surface area contributed by atoms with E-state index in [2.05, 4.69) is 15.0 Å². The summed E-state index contributed by atoms with van der Waals surface area (Å²) in [5.41, 5.74) is 10.6. The molecule has 0 spiro atoms. The fourth-order valence-corrected chi connectivity index (χ4v) is 1.62. The Morgan fingerprint density at radius 2 is 2.35 bits per heavy atom. The molecule has 0 aliphatic carbocycles. The molecular weight excluding hydrogens is 304 g/mol. The van der Waals surface area contributed by atoms with E-state index in [-0.39, 0.29) is 30.4 Å². The Labute approximate surface area is 141 Å². The van der Waals surface area contributed by atoms with Crippen molar-refractivity contribution < 1.29 is 23.9 Å². The normalized spacial score (nSPS) is 19.7. The van der Waals surface area contributed by atoms with Gasteiger partial charge in [-0.3, -0.25) is 19.1 Å². The lowest BCUT2D eigenvalue weighted by Crippen LogP contribution is -2.37. The van der Waals surface area contributed by atoms with Gasteiger partial charge >= 0.3 is 5.97 Å². The van der Waals surface area contributed by atoms with E-state index in [1.54, 1.807) is 0 Å². The van der Waals surface area contributed by atoms with Crippen LogP contribution in [0.3, 0.4) is 0 Å². The highest BCUT2D eigenvalue weighted by Crippen LogP contribution is 2.06. The number of fused-ring (bicyclic) bond motifs is 1. The van der Waals surface area contributed by atoms with Gasteiger partial charge < -0.3 is 20.9 Å². The average molecular weight is 331 g/mol. The molecule has 0 amide bonds. The zero-order valence-corrected chi connectivity index (χ0v) is 11.9. The summed E-state index contributed by atoms with van der Waals surface area (Å²) in [6.07, 6.45) is 1.28. The van der Waals surface area contributed by atoms with Crippen molar-refractivity contribution in [2.75, 3.05) is 18.9 Å². The van der Waals surface area contributed by atoms with E-state index < -0.39 is 43.8 Å². The maximum atomic E-state index is 12.1. The van der Waals surface area contributed by atoms with Gasteiger partial charge in [0.15, 0.2) is 11.2 Å². The lowest BCUT2D eigenvalue weighted by atomic mass is 10.1. The van der Waals surface area contributed by atoms with E-state index >= 15 is 0 Å². The number of nitrogens with zero attached hydrogens (tertiary/aromatic N) is 3. The number of imidazole rings is 1. The van der Waals surface area contributed by atoms with Gasteiger partial charge in [0.1, 0.15) is 19.4 Å². The molecule has 10 heteroatoms. The van der Waals surface area contributed by atoms with E-state index in [1.807, 2.05) is 0 Å². The minimum atomic E-state index is -3.19. The predicted octanol–water partition coefficient (Wildman–Crippen LogP) is -0.798. The van der Waals surface area contributed by atoms with E-state index in [9.17, 15) is 9.59 Å². The van der Waals surface area contributed by atoms with Gasteiger partial charge in [-0.2, -0.15) is 4.98 Å². The number of anilines is 1. The van der Waals surface area contributed by atoms with Crippen molar-refractivity contribution in [3.05, 3.63) is 16.7 Å². The molecule has 0 radical (unpaired) electrons. The van der Waals surface area contributed by atoms with Crippen LogP contribution in [0, 0.1) is 5.92 Å². The summed E-state index contributed by atoms with van der Waals surface area (Å²) >= 11 is 0. The summed E-state index contributed by atoms with van der Waals surface area (Å²) in [6, 6.07) is -3.03. The van der Waals surface area contributed by atoms with Crippen LogP contribution in [-0.2, 0) is 21.0 Å². The first-order valence-corrected chi connectivity index (χ1v) is 6.40. The number of hydrogen-bond donors (Lipinski definition) is 3. The summed E-state index contributed by atoms with van der Waals surface area (Å²) in [4.78, 5) is 33.9. The number of H-pyrrole nitrogens is 1. The minimum absolute atomic E-state index is 0.0433. The van der Waals surface area contributed by atoms with Crippen LogP contribution in [0.25, 0.3) is 11.2 Å². The van der Waals surface area contributed by atoms with E-state index in [1.165, 1.54) is 10.9 Å². The van der Waals surface area contributed by atoms with Crippen LogP contribution < -0.4 is 17.0 Å². The van der Waals surface area contributed by atoms with Crippen LogP contribution in [0.2, 0.25) is 0 Å². The number of carbonyl (C=O) groups excluding carboxylic acids is 1. The summed E-state index contributed by atoms with van der Waals surface area (Å²) in [6.45, 7) is -7.18. The topological polar surface area (TPSA) is 151 Å². The van der Waals surface area contributed by atoms with Gasteiger partial charge in [-0.05, 0) is 5.92 Å². The third-order valence-corrected chi connectivity index (χ3v) is 2.73. The van der Waals surface area contributed by atoms with E-state index in [0.717, 1.165) is 0 Å². The third-order valence-electron chi connectivity index (χ3n) is 2.73. The second kappa shape index (κ2) is 7.20. The number of esters is 1. The van der Waals surface area contributed by atoms with Crippen molar-refractivity contribution in [1.82, 2.24) is 19.5 Å². The zero-order valence-electron chi connectivity index (χ0n) is 18.9. The Hall–Kier alpha value is -2.46. The molecule has 0 bridgehead atoms. The van der Waals surface area contributed by atoms with Crippen molar-refractivity contribution in [2.45, 2.75) is 26.5 Å². The molecule has 23 heavy (non-hydrogen) atoms. The first-order valence-electron chi connectivity index (χ1n) is 9.90. The number of nitrogens with one attached hydrogen (secondary N) is 1. The molecule has 0 aliphatic rings. The Morgan fingerprint density at radius 1 is 1.57 bits per heavy atom. The Morgan fingerprint density at radius 3 is 3.09 bits per heavy atom. The van der Waals surface area contributed by atoms with Crippen LogP contribution in [-0.4, -0.2) is 44.7 Å². The van der Waals surface area contributed by atoms with Crippen molar-refractivity contribution in [1.29, 1.82) is 0 Å². The smallest absolute Gasteiger partial charge is 0.323 e. The van der Waals surface area contributed by atoms with E-state index in [0.29, 0.717) is 0 Å². The molecule has 2 aromatic rings. The van der Waals surface area contributed by atoms with Crippen molar-refractivity contribution in [3.63, 3.8) is 0 Å². The molecule has 0 saturated carbocycles. The fourth-order valence-electron chi connectivity index (χ4n) is 1.62. The number of ether oxygens (including phenoxy) is 2. The molecular formula is C13H20N6O4. The van der Waals surface area contributed by atoms with Gasteiger partial charge in [-0.15, -0.1) is 0 Å². The predicted molar refractivity (Wildman–Crippen MR) is 82.3 cm³/mol. The minimum Gasteiger partial charge on any atom is -0.462 e. The van der Waals surface area contributed by atoms with Gasteiger partial charge in [0.05, 0.1) is 14.3 Å². The number of hydrogen-bond acceptors (Lipinski definition) is 8. The number of carbonyl (C=O) groups is 1. The monoisotopic (exact) mass is 331 g/mol. The first kappa shape index (κ1) is 9.63. The molecule has 0 unspecified atom stereocenters.